The third kappa shape index (κ3) is 2.13. The van der Waals surface area contributed by atoms with Crippen molar-refractivity contribution in [3.05, 3.63) is 11.6 Å². The Morgan fingerprint density at radius 3 is 2.56 bits per heavy atom. The summed E-state index contributed by atoms with van der Waals surface area (Å²) in [5.41, 5.74) is -0.333. The molecular formula is C21H30O4. The van der Waals surface area contributed by atoms with Crippen LogP contribution in [0.1, 0.15) is 65.2 Å². The maximum atomic E-state index is 12.3. The molecule has 138 valence electrons. The van der Waals surface area contributed by atoms with Gasteiger partial charge in [0, 0.05) is 11.8 Å². The van der Waals surface area contributed by atoms with Crippen molar-refractivity contribution < 1.29 is 19.8 Å². The number of fused-ring (bicyclic) bond motifs is 5. The second-order valence-corrected chi connectivity index (χ2v) is 9.41. The standard InChI is InChI=1S/C21H30O4/c1-19-8-5-14(23)11-13(19)3-4-15-16(19)6-9-20(2)17(15)7-10-21(20,25)18(24)12-22/h11,15-17,22,25H,3-10,12H2,1-2H3/t15?,16?,17?,19-,20-,21-/m0/s1/i5+1,11+1,14+1. The predicted molar refractivity (Wildman–Crippen MR) is 93.8 cm³/mol. The molecule has 3 fully saturated rings. The third-order valence-electron chi connectivity index (χ3n) is 8.72. The summed E-state index contributed by atoms with van der Waals surface area (Å²) in [5.74, 6) is 1.26. The fourth-order valence-corrected chi connectivity index (χ4v) is 7.16. The third-order valence-corrected chi connectivity index (χ3v) is 8.72. The molecule has 0 spiro atoms. The number of rotatable bonds is 2. The van der Waals surface area contributed by atoms with Crippen LogP contribution in [-0.4, -0.2) is 34.0 Å². The molecule has 0 amide bonds. The quantitative estimate of drug-likeness (QED) is 0.752. The SMILES string of the molecule is C[C@]12C[13CH2][13C](=O)[13CH]=C1CCC1C2CC[C@@]2(C)C1CC[C@]2(O)C(=O)CO. The monoisotopic (exact) mass is 349 g/mol. The molecule has 3 saturated carbocycles. The minimum absolute atomic E-state index is 0.111. The molecule has 0 aromatic carbocycles. The molecule has 4 nitrogen and oxygen atoms in total. The number of carbonyl (C=O) groups is 2. The van der Waals surface area contributed by atoms with E-state index >= 15 is 0 Å². The summed E-state index contributed by atoms with van der Waals surface area (Å²) in [5, 5.41) is 20.5. The van der Waals surface area contributed by atoms with E-state index < -0.39 is 23.4 Å². The summed E-state index contributed by atoms with van der Waals surface area (Å²) in [6.45, 7) is 3.84. The van der Waals surface area contributed by atoms with Gasteiger partial charge in [-0.25, -0.2) is 0 Å². The van der Waals surface area contributed by atoms with Gasteiger partial charge in [-0.3, -0.25) is 9.59 Å². The van der Waals surface area contributed by atoms with Gasteiger partial charge in [0.2, 0.25) is 0 Å². The van der Waals surface area contributed by atoms with Crippen LogP contribution >= 0.6 is 0 Å². The van der Waals surface area contributed by atoms with Crippen molar-refractivity contribution in [2.45, 2.75) is 70.8 Å². The fraction of sp³-hybridized carbons (Fsp3) is 0.810. The lowest BCUT2D eigenvalue weighted by Crippen LogP contribution is -2.58. The average Bonchev–Trinajstić information content (AvgIpc) is 2.87. The summed E-state index contributed by atoms with van der Waals surface area (Å²) < 4.78 is 0. The highest BCUT2D eigenvalue weighted by Crippen LogP contribution is 2.67. The van der Waals surface area contributed by atoms with Crippen LogP contribution in [0.25, 0.3) is 0 Å². The highest BCUT2D eigenvalue weighted by molar-refractivity contribution is 5.91. The Kier molecular flexibility index (Phi) is 3.83. The van der Waals surface area contributed by atoms with Crippen molar-refractivity contribution in [1.29, 1.82) is 0 Å². The van der Waals surface area contributed by atoms with Gasteiger partial charge < -0.3 is 10.2 Å². The molecule has 0 heterocycles. The van der Waals surface area contributed by atoms with E-state index in [0.29, 0.717) is 30.6 Å². The van der Waals surface area contributed by atoms with Gasteiger partial charge in [-0.15, -0.1) is 0 Å². The van der Waals surface area contributed by atoms with Crippen LogP contribution in [0.5, 0.6) is 0 Å². The maximum absolute atomic E-state index is 12.3. The molecule has 6 atom stereocenters. The number of aliphatic hydroxyl groups excluding tert-OH is 1. The van der Waals surface area contributed by atoms with Gasteiger partial charge in [0.1, 0.15) is 12.2 Å². The molecule has 25 heavy (non-hydrogen) atoms. The maximum Gasteiger partial charge on any atom is 0.190 e. The number of aliphatic hydroxyl groups is 2. The zero-order valence-electron chi connectivity index (χ0n) is 15.4. The number of ketones is 2. The van der Waals surface area contributed by atoms with E-state index in [2.05, 4.69) is 13.8 Å². The largest absolute Gasteiger partial charge is 0.388 e. The van der Waals surface area contributed by atoms with Gasteiger partial charge in [-0.2, -0.15) is 0 Å². The van der Waals surface area contributed by atoms with Gasteiger partial charge in [0.15, 0.2) is 11.6 Å². The minimum atomic E-state index is -1.36. The second kappa shape index (κ2) is 5.50. The lowest BCUT2D eigenvalue weighted by Gasteiger charge is -2.58. The Labute approximate surface area is 149 Å². The molecule has 0 aromatic heterocycles. The van der Waals surface area contributed by atoms with E-state index in [1.54, 1.807) is 0 Å². The lowest BCUT2D eigenvalue weighted by atomic mass is 9.47. The van der Waals surface area contributed by atoms with E-state index in [4.69, 9.17) is 0 Å². The van der Waals surface area contributed by atoms with E-state index in [1.165, 1.54) is 5.57 Å². The van der Waals surface area contributed by atoms with Crippen LogP contribution in [-0.2, 0) is 9.59 Å². The first-order valence-electron chi connectivity index (χ1n) is 9.87. The number of Topliss-reactive ketones (excluding diaryl/α,β-unsaturated/α-hetero) is 1. The molecule has 0 bridgehead atoms. The smallest absolute Gasteiger partial charge is 0.190 e. The van der Waals surface area contributed by atoms with Crippen LogP contribution < -0.4 is 0 Å². The first kappa shape index (κ1) is 17.4. The number of carbonyl (C=O) groups excluding carboxylic acids is 2. The van der Waals surface area contributed by atoms with Crippen molar-refractivity contribution in [1.82, 2.24) is 0 Å². The molecular weight excluding hydrogens is 319 g/mol. The molecule has 3 unspecified atom stereocenters. The molecule has 0 aliphatic heterocycles. The summed E-state index contributed by atoms with van der Waals surface area (Å²) in [4.78, 5) is 24.2. The lowest BCUT2D eigenvalue weighted by molar-refractivity contribution is -0.164. The van der Waals surface area contributed by atoms with Crippen molar-refractivity contribution in [3.8, 4) is 0 Å². The van der Waals surface area contributed by atoms with Crippen LogP contribution in [0.15, 0.2) is 11.6 Å². The summed E-state index contributed by atoms with van der Waals surface area (Å²) >= 11 is 0. The fourth-order valence-electron chi connectivity index (χ4n) is 7.16. The zero-order chi connectivity index (χ0) is 18.0. The highest BCUT2D eigenvalue weighted by atomic mass is 16.3. The van der Waals surface area contributed by atoms with Crippen molar-refractivity contribution >= 4 is 11.6 Å². The van der Waals surface area contributed by atoms with Gasteiger partial charge >= 0.3 is 0 Å². The molecule has 0 radical (unpaired) electrons. The van der Waals surface area contributed by atoms with Gasteiger partial charge in [-0.05, 0) is 74.2 Å². The summed E-state index contributed by atoms with van der Waals surface area (Å²) in [6, 6.07) is 0. The first-order chi connectivity index (χ1) is 11.8. The number of hydrogen-bond donors (Lipinski definition) is 2. The van der Waals surface area contributed by atoms with Crippen LogP contribution in [0.4, 0.5) is 0 Å². The van der Waals surface area contributed by atoms with Crippen molar-refractivity contribution in [2.75, 3.05) is 6.61 Å². The van der Waals surface area contributed by atoms with Crippen LogP contribution in [0.2, 0.25) is 0 Å². The van der Waals surface area contributed by atoms with Crippen LogP contribution in [0, 0.1) is 28.6 Å². The highest BCUT2D eigenvalue weighted by Gasteiger charge is 2.65. The van der Waals surface area contributed by atoms with Gasteiger partial charge in [0.05, 0.1) is 0 Å². The Balaban J connectivity index is 1.68. The minimum Gasteiger partial charge on any atom is -0.388 e. The predicted octanol–water partition coefficient (Wildman–Crippen LogP) is 2.81. The number of allylic oxidation sites excluding steroid dienone is 1. The van der Waals surface area contributed by atoms with Gasteiger partial charge in [0.25, 0.3) is 0 Å². The van der Waals surface area contributed by atoms with Crippen LogP contribution in [0.3, 0.4) is 0 Å². The average molecular weight is 349 g/mol. The zero-order valence-corrected chi connectivity index (χ0v) is 15.4. The molecule has 0 aromatic rings. The Hall–Kier alpha value is -1.00. The molecule has 2 N–H and O–H groups in total. The first-order valence-corrected chi connectivity index (χ1v) is 9.87. The van der Waals surface area contributed by atoms with E-state index in [0.717, 1.165) is 38.5 Å². The van der Waals surface area contributed by atoms with Gasteiger partial charge in [-0.1, -0.05) is 19.4 Å². The normalized spacial score (nSPS) is 49.0. The Morgan fingerprint density at radius 1 is 1.12 bits per heavy atom. The van der Waals surface area contributed by atoms with Crippen molar-refractivity contribution in [2.24, 2.45) is 28.6 Å². The van der Waals surface area contributed by atoms with Crippen molar-refractivity contribution in [3.63, 3.8) is 0 Å². The summed E-state index contributed by atoms with van der Waals surface area (Å²) in [6.07, 6.45) is 8.72. The second-order valence-electron chi connectivity index (χ2n) is 9.41. The molecule has 4 aliphatic rings. The molecule has 0 saturated heterocycles. The summed E-state index contributed by atoms with van der Waals surface area (Å²) in [7, 11) is 0. The van der Waals surface area contributed by atoms with E-state index in [1.807, 2.05) is 6.08 Å². The molecule has 4 rings (SSSR count). The topological polar surface area (TPSA) is 74.6 Å². The Morgan fingerprint density at radius 2 is 1.84 bits per heavy atom. The molecule has 4 aliphatic carbocycles. The molecule has 4 heteroatoms. The van der Waals surface area contributed by atoms with E-state index in [9.17, 15) is 19.8 Å². The van der Waals surface area contributed by atoms with E-state index in [-0.39, 0.29) is 11.2 Å². The number of hydrogen-bond acceptors (Lipinski definition) is 4. The Bertz CT molecular complexity index is 652.